The quantitative estimate of drug-likeness (QED) is 0.820. The summed E-state index contributed by atoms with van der Waals surface area (Å²) in [6.07, 6.45) is 0.0173. The van der Waals surface area contributed by atoms with E-state index in [-0.39, 0.29) is 5.78 Å². The second-order valence-corrected chi connectivity index (χ2v) is 4.85. The second kappa shape index (κ2) is 6.46. The molecule has 0 aliphatic rings. The van der Waals surface area contributed by atoms with E-state index in [1.54, 1.807) is 6.92 Å². The van der Waals surface area contributed by atoms with Gasteiger partial charge >= 0.3 is 0 Å². The molecule has 0 amide bonds. The Morgan fingerprint density at radius 1 is 1.15 bits per heavy atom. The Labute approximate surface area is 119 Å². The summed E-state index contributed by atoms with van der Waals surface area (Å²) in [5.41, 5.74) is 9.08. The maximum Gasteiger partial charge on any atom is 0.159 e. The minimum atomic E-state index is -0.531. The maximum atomic E-state index is 11.3. The summed E-state index contributed by atoms with van der Waals surface area (Å²) in [5.74, 6) is 0.0590. The van der Waals surface area contributed by atoms with Gasteiger partial charge in [0, 0.05) is 5.56 Å². The fraction of sp³-hybridized carbons (Fsp3) is 0.235. The number of ketones is 1. The second-order valence-electron chi connectivity index (χ2n) is 4.85. The van der Waals surface area contributed by atoms with Gasteiger partial charge in [-0.2, -0.15) is 0 Å². The SMILES string of the molecule is CC(=O)c1ccc(-c2cccc(C(O)CCN)c2)cc1. The van der Waals surface area contributed by atoms with Gasteiger partial charge in [0.25, 0.3) is 0 Å². The van der Waals surface area contributed by atoms with E-state index in [4.69, 9.17) is 5.73 Å². The topological polar surface area (TPSA) is 63.3 Å². The average molecular weight is 269 g/mol. The Balaban J connectivity index is 2.28. The lowest BCUT2D eigenvalue weighted by Crippen LogP contribution is -2.06. The monoisotopic (exact) mass is 269 g/mol. The minimum absolute atomic E-state index is 0.0590. The van der Waals surface area contributed by atoms with E-state index < -0.39 is 6.10 Å². The Morgan fingerprint density at radius 2 is 1.85 bits per heavy atom. The third kappa shape index (κ3) is 3.32. The van der Waals surface area contributed by atoms with Crippen LogP contribution in [0.2, 0.25) is 0 Å². The molecule has 1 unspecified atom stereocenters. The zero-order valence-electron chi connectivity index (χ0n) is 11.5. The third-order valence-electron chi connectivity index (χ3n) is 3.34. The smallest absolute Gasteiger partial charge is 0.159 e. The van der Waals surface area contributed by atoms with Crippen LogP contribution in [0.15, 0.2) is 48.5 Å². The molecule has 0 bridgehead atoms. The van der Waals surface area contributed by atoms with Crippen molar-refractivity contribution in [2.75, 3.05) is 6.54 Å². The first-order valence-electron chi connectivity index (χ1n) is 6.71. The molecule has 3 N–H and O–H groups in total. The standard InChI is InChI=1S/C17H19NO2/c1-12(19)13-5-7-14(8-6-13)15-3-2-4-16(11-15)17(20)9-10-18/h2-8,11,17,20H,9-10,18H2,1H3. The number of hydrogen-bond acceptors (Lipinski definition) is 3. The molecule has 2 aromatic rings. The highest BCUT2D eigenvalue weighted by Crippen LogP contribution is 2.24. The zero-order chi connectivity index (χ0) is 14.5. The number of carbonyl (C=O) groups is 1. The van der Waals surface area contributed by atoms with Crippen molar-refractivity contribution in [2.45, 2.75) is 19.4 Å². The van der Waals surface area contributed by atoms with Crippen molar-refractivity contribution in [1.82, 2.24) is 0 Å². The van der Waals surface area contributed by atoms with Gasteiger partial charge in [-0.3, -0.25) is 4.79 Å². The molecule has 0 aliphatic heterocycles. The summed E-state index contributed by atoms with van der Waals surface area (Å²) in [6, 6.07) is 15.2. The lowest BCUT2D eigenvalue weighted by molar-refractivity contribution is 0.101. The van der Waals surface area contributed by atoms with Crippen LogP contribution in [-0.2, 0) is 0 Å². The molecule has 0 fully saturated rings. The molecule has 3 nitrogen and oxygen atoms in total. The predicted molar refractivity (Wildman–Crippen MR) is 80.5 cm³/mol. The highest BCUT2D eigenvalue weighted by atomic mass is 16.3. The number of nitrogens with two attached hydrogens (primary N) is 1. The van der Waals surface area contributed by atoms with Gasteiger partial charge in [-0.25, -0.2) is 0 Å². The van der Waals surface area contributed by atoms with Gasteiger partial charge in [0.2, 0.25) is 0 Å². The van der Waals surface area contributed by atoms with Crippen LogP contribution in [0.5, 0.6) is 0 Å². The van der Waals surface area contributed by atoms with Crippen LogP contribution in [0, 0.1) is 0 Å². The Morgan fingerprint density at radius 3 is 2.45 bits per heavy atom. The molecular formula is C17H19NO2. The highest BCUT2D eigenvalue weighted by Gasteiger charge is 2.08. The Kier molecular flexibility index (Phi) is 4.66. The summed E-state index contributed by atoms with van der Waals surface area (Å²) in [5, 5.41) is 9.98. The minimum Gasteiger partial charge on any atom is -0.388 e. The van der Waals surface area contributed by atoms with Crippen molar-refractivity contribution in [3.63, 3.8) is 0 Å². The van der Waals surface area contributed by atoms with Crippen LogP contribution in [0.4, 0.5) is 0 Å². The molecule has 2 aromatic carbocycles. The third-order valence-corrected chi connectivity index (χ3v) is 3.34. The maximum absolute atomic E-state index is 11.3. The van der Waals surface area contributed by atoms with Crippen LogP contribution < -0.4 is 5.73 Å². The normalized spacial score (nSPS) is 12.2. The van der Waals surface area contributed by atoms with Crippen LogP contribution in [-0.4, -0.2) is 17.4 Å². The number of aliphatic hydroxyl groups is 1. The fourth-order valence-corrected chi connectivity index (χ4v) is 2.15. The molecule has 0 aliphatic carbocycles. The molecule has 0 radical (unpaired) electrons. The summed E-state index contributed by atoms with van der Waals surface area (Å²) in [7, 11) is 0. The van der Waals surface area contributed by atoms with Gasteiger partial charge in [0.15, 0.2) is 5.78 Å². The number of carbonyl (C=O) groups excluding carboxylic acids is 1. The van der Waals surface area contributed by atoms with Gasteiger partial charge in [-0.05, 0) is 42.6 Å². The lowest BCUT2D eigenvalue weighted by atomic mass is 9.98. The highest BCUT2D eigenvalue weighted by molar-refractivity contribution is 5.94. The first-order chi connectivity index (χ1) is 9.61. The van der Waals surface area contributed by atoms with Crippen molar-refractivity contribution < 1.29 is 9.90 Å². The molecule has 0 heterocycles. The van der Waals surface area contributed by atoms with E-state index in [2.05, 4.69) is 0 Å². The van der Waals surface area contributed by atoms with E-state index >= 15 is 0 Å². The molecule has 2 rings (SSSR count). The number of rotatable bonds is 5. The molecule has 0 spiro atoms. The van der Waals surface area contributed by atoms with Gasteiger partial charge in [-0.1, -0.05) is 42.5 Å². The number of benzene rings is 2. The summed E-state index contributed by atoms with van der Waals surface area (Å²) < 4.78 is 0. The van der Waals surface area contributed by atoms with Crippen molar-refractivity contribution in [1.29, 1.82) is 0 Å². The molecule has 3 heteroatoms. The molecule has 0 aromatic heterocycles. The summed E-state index contributed by atoms with van der Waals surface area (Å²) >= 11 is 0. The van der Waals surface area contributed by atoms with Crippen LogP contribution in [0.1, 0.15) is 35.4 Å². The molecule has 20 heavy (non-hydrogen) atoms. The van der Waals surface area contributed by atoms with Gasteiger partial charge in [0.1, 0.15) is 0 Å². The van der Waals surface area contributed by atoms with Gasteiger partial charge in [-0.15, -0.1) is 0 Å². The largest absolute Gasteiger partial charge is 0.388 e. The lowest BCUT2D eigenvalue weighted by Gasteiger charge is -2.11. The molecule has 0 saturated carbocycles. The zero-order valence-corrected chi connectivity index (χ0v) is 11.5. The summed E-state index contributed by atoms with van der Waals surface area (Å²) in [4.78, 5) is 11.3. The van der Waals surface area contributed by atoms with Crippen molar-refractivity contribution >= 4 is 5.78 Å². The van der Waals surface area contributed by atoms with Gasteiger partial charge < -0.3 is 10.8 Å². The first kappa shape index (κ1) is 14.4. The molecule has 0 saturated heterocycles. The average Bonchev–Trinajstić information content (AvgIpc) is 2.48. The van der Waals surface area contributed by atoms with Crippen molar-refractivity contribution in [2.24, 2.45) is 5.73 Å². The van der Waals surface area contributed by atoms with E-state index in [1.807, 2.05) is 48.5 Å². The Hall–Kier alpha value is -1.97. The summed E-state index contributed by atoms with van der Waals surface area (Å²) in [6.45, 7) is 2.01. The van der Waals surface area contributed by atoms with E-state index in [1.165, 1.54) is 0 Å². The predicted octanol–water partition coefficient (Wildman–Crippen LogP) is 2.94. The number of hydrogen-bond donors (Lipinski definition) is 2. The first-order valence-corrected chi connectivity index (χ1v) is 6.71. The van der Waals surface area contributed by atoms with E-state index in [0.29, 0.717) is 18.5 Å². The van der Waals surface area contributed by atoms with Crippen molar-refractivity contribution in [3.8, 4) is 11.1 Å². The van der Waals surface area contributed by atoms with Gasteiger partial charge in [0.05, 0.1) is 6.10 Å². The molecular weight excluding hydrogens is 250 g/mol. The fourth-order valence-electron chi connectivity index (χ4n) is 2.15. The number of aliphatic hydroxyl groups excluding tert-OH is 1. The molecule has 1 atom stereocenters. The van der Waals surface area contributed by atoms with Crippen LogP contribution >= 0.6 is 0 Å². The number of Topliss-reactive ketones (excluding diaryl/α,β-unsaturated/α-hetero) is 1. The van der Waals surface area contributed by atoms with Crippen LogP contribution in [0.25, 0.3) is 11.1 Å². The molecule has 104 valence electrons. The van der Waals surface area contributed by atoms with E-state index in [0.717, 1.165) is 16.7 Å². The van der Waals surface area contributed by atoms with E-state index in [9.17, 15) is 9.90 Å². The van der Waals surface area contributed by atoms with Crippen molar-refractivity contribution in [3.05, 3.63) is 59.7 Å². The Bertz CT molecular complexity index is 590. The van der Waals surface area contributed by atoms with Crippen LogP contribution in [0.3, 0.4) is 0 Å².